The summed E-state index contributed by atoms with van der Waals surface area (Å²) >= 11 is 0. The van der Waals surface area contributed by atoms with Crippen LogP contribution < -0.4 is 0 Å². The lowest BCUT2D eigenvalue weighted by molar-refractivity contribution is 0.0919. The number of H-pyrrole nitrogens is 1. The minimum absolute atomic E-state index is 0.177. The molecule has 3 aromatic rings. The van der Waals surface area contributed by atoms with E-state index in [0.29, 0.717) is 19.6 Å². The molecule has 0 radical (unpaired) electrons. The second-order valence-electron chi connectivity index (χ2n) is 5.70. The zero-order chi connectivity index (χ0) is 16.1. The van der Waals surface area contributed by atoms with Crippen molar-refractivity contribution in [1.82, 2.24) is 9.97 Å². The molecule has 0 unspecified atom stereocenters. The fraction of sp³-hybridized carbons (Fsp3) is 0.263. The van der Waals surface area contributed by atoms with Crippen molar-refractivity contribution in [2.45, 2.75) is 26.4 Å². The number of carbonyl (C=O) groups is 1. The number of Topliss-reactive ketones (excluding diaryl/α,β-unsaturated/α-hetero) is 1. The number of aromatic nitrogens is 2. The molecular formula is C19H20N2O2. The molecule has 0 fully saturated rings. The predicted molar refractivity (Wildman–Crippen MR) is 90.5 cm³/mol. The van der Waals surface area contributed by atoms with Crippen LogP contribution in [0.3, 0.4) is 0 Å². The van der Waals surface area contributed by atoms with Crippen molar-refractivity contribution in [3.8, 4) is 0 Å². The summed E-state index contributed by atoms with van der Waals surface area (Å²) in [7, 11) is 0. The summed E-state index contributed by atoms with van der Waals surface area (Å²) in [6, 6.07) is 13.8. The molecule has 1 heterocycles. The highest BCUT2D eigenvalue weighted by atomic mass is 16.5. The fourth-order valence-electron chi connectivity index (χ4n) is 2.56. The molecule has 0 saturated carbocycles. The molecule has 0 atom stereocenters. The highest BCUT2D eigenvalue weighted by Crippen LogP contribution is 2.13. The first-order chi connectivity index (χ1) is 11.2. The van der Waals surface area contributed by atoms with Crippen LogP contribution in [0.5, 0.6) is 0 Å². The third kappa shape index (κ3) is 4.05. The fourth-order valence-corrected chi connectivity index (χ4v) is 2.56. The number of aromatic amines is 1. The summed E-state index contributed by atoms with van der Waals surface area (Å²) in [5.74, 6) is 0.177. The van der Waals surface area contributed by atoms with Crippen LogP contribution in [0.25, 0.3) is 11.0 Å². The van der Waals surface area contributed by atoms with Gasteiger partial charge in [-0.05, 0) is 37.1 Å². The zero-order valence-corrected chi connectivity index (χ0v) is 13.2. The number of carbonyl (C=O) groups excluding carboxylic acids is 1. The number of hydrogen-bond acceptors (Lipinski definition) is 3. The van der Waals surface area contributed by atoms with Crippen molar-refractivity contribution in [3.63, 3.8) is 0 Å². The molecule has 2 aromatic carbocycles. The topological polar surface area (TPSA) is 55.0 Å². The van der Waals surface area contributed by atoms with Crippen LogP contribution in [-0.2, 0) is 11.3 Å². The van der Waals surface area contributed by atoms with Gasteiger partial charge in [0, 0.05) is 18.6 Å². The Morgan fingerprint density at radius 2 is 2.13 bits per heavy atom. The van der Waals surface area contributed by atoms with E-state index in [2.05, 4.69) is 9.97 Å². The molecule has 0 saturated heterocycles. The first-order valence-corrected chi connectivity index (χ1v) is 7.82. The molecule has 0 bridgehead atoms. The third-order valence-electron chi connectivity index (χ3n) is 3.79. The second-order valence-corrected chi connectivity index (χ2v) is 5.70. The van der Waals surface area contributed by atoms with Gasteiger partial charge < -0.3 is 9.72 Å². The number of nitrogens with zero attached hydrogens (tertiary/aromatic N) is 1. The minimum atomic E-state index is 0.177. The average Bonchev–Trinajstić information content (AvgIpc) is 3.02. The molecule has 4 heteroatoms. The largest absolute Gasteiger partial charge is 0.377 e. The number of rotatable bonds is 7. The number of fused-ring (bicyclic) bond motifs is 1. The monoisotopic (exact) mass is 308 g/mol. The summed E-state index contributed by atoms with van der Waals surface area (Å²) in [5.41, 5.74) is 4.97. The minimum Gasteiger partial charge on any atom is -0.377 e. The van der Waals surface area contributed by atoms with E-state index in [1.807, 2.05) is 49.4 Å². The maximum absolute atomic E-state index is 12.1. The van der Waals surface area contributed by atoms with Gasteiger partial charge in [0.2, 0.25) is 0 Å². The van der Waals surface area contributed by atoms with Gasteiger partial charge in [0.1, 0.15) is 0 Å². The molecule has 23 heavy (non-hydrogen) atoms. The van der Waals surface area contributed by atoms with Crippen LogP contribution >= 0.6 is 0 Å². The van der Waals surface area contributed by atoms with E-state index in [1.165, 1.54) is 0 Å². The van der Waals surface area contributed by atoms with E-state index in [-0.39, 0.29) is 5.78 Å². The van der Waals surface area contributed by atoms with Gasteiger partial charge >= 0.3 is 0 Å². The van der Waals surface area contributed by atoms with Crippen molar-refractivity contribution < 1.29 is 9.53 Å². The van der Waals surface area contributed by atoms with Crippen molar-refractivity contribution in [2.75, 3.05) is 6.61 Å². The Bertz CT molecular complexity index is 808. The summed E-state index contributed by atoms with van der Waals surface area (Å²) in [6.07, 6.45) is 2.94. The normalized spacial score (nSPS) is 11.0. The Hall–Kier alpha value is -2.46. The standard InChI is InChI=1S/C19H20N2O2/c1-14-4-2-5-16(10-14)19(22)6-3-9-23-12-15-7-8-17-18(11-15)21-13-20-17/h2,4-5,7-8,10-11,13H,3,6,9,12H2,1H3,(H,20,21). The number of nitrogens with one attached hydrogen (secondary N) is 1. The van der Waals surface area contributed by atoms with E-state index in [9.17, 15) is 4.79 Å². The summed E-state index contributed by atoms with van der Waals surface area (Å²) < 4.78 is 5.67. The second kappa shape index (κ2) is 7.20. The quantitative estimate of drug-likeness (QED) is 0.529. The number of ketones is 1. The van der Waals surface area contributed by atoms with Gasteiger partial charge in [-0.2, -0.15) is 0 Å². The van der Waals surface area contributed by atoms with Gasteiger partial charge in [0.25, 0.3) is 0 Å². The zero-order valence-electron chi connectivity index (χ0n) is 13.2. The Morgan fingerprint density at radius 3 is 3.00 bits per heavy atom. The SMILES string of the molecule is Cc1cccc(C(=O)CCCOCc2ccc3nc[nH]c3c2)c1. The van der Waals surface area contributed by atoms with E-state index in [0.717, 1.165) is 34.1 Å². The number of ether oxygens (including phenoxy) is 1. The molecule has 4 nitrogen and oxygen atoms in total. The summed E-state index contributed by atoms with van der Waals surface area (Å²) in [5, 5.41) is 0. The Kier molecular flexibility index (Phi) is 4.83. The van der Waals surface area contributed by atoms with Gasteiger partial charge in [0.05, 0.1) is 24.0 Å². The Morgan fingerprint density at radius 1 is 1.22 bits per heavy atom. The summed E-state index contributed by atoms with van der Waals surface area (Å²) in [4.78, 5) is 19.4. The number of aryl methyl sites for hydroxylation is 1. The summed E-state index contributed by atoms with van der Waals surface area (Å²) in [6.45, 7) is 3.13. The van der Waals surface area contributed by atoms with Crippen molar-refractivity contribution in [3.05, 3.63) is 65.5 Å². The van der Waals surface area contributed by atoms with Gasteiger partial charge in [-0.25, -0.2) is 4.98 Å². The van der Waals surface area contributed by atoms with E-state index < -0.39 is 0 Å². The van der Waals surface area contributed by atoms with Gasteiger partial charge in [-0.15, -0.1) is 0 Å². The number of benzene rings is 2. The number of imidazole rings is 1. The molecule has 1 N–H and O–H groups in total. The van der Waals surface area contributed by atoms with Gasteiger partial charge in [-0.1, -0.05) is 29.8 Å². The first-order valence-electron chi connectivity index (χ1n) is 7.82. The van der Waals surface area contributed by atoms with Crippen LogP contribution in [0.15, 0.2) is 48.8 Å². The van der Waals surface area contributed by atoms with Crippen LogP contribution in [0.4, 0.5) is 0 Å². The molecule has 3 rings (SSSR count). The predicted octanol–water partition coefficient (Wildman–Crippen LogP) is 4.05. The van der Waals surface area contributed by atoms with Crippen molar-refractivity contribution in [1.29, 1.82) is 0 Å². The lowest BCUT2D eigenvalue weighted by Gasteiger charge is -2.05. The van der Waals surface area contributed by atoms with Crippen LogP contribution in [0.1, 0.15) is 34.3 Å². The molecule has 0 aliphatic carbocycles. The van der Waals surface area contributed by atoms with Gasteiger partial charge in [-0.3, -0.25) is 4.79 Å². The molecule has 0 spiro atoms. The average molecular weight is 308 g/mol. The molecule has 0 aliphatic rings. The van der Waals surface area contributed by atoms with Crippen molar-refractivity contribution >= 4 is 16.8 Å². The highest BCUT2D eigenvalue weighted by molar-refractivity contribution is 5.96. The van der Waals surface area contributed by atoms with E-state index in [4.69, 9.17) is 4.74 Å². The lowest BCUT2D eigenvalue weighted by Crippen LogP contribution is -2.03. The van der Waals surface area contributed by atoms with E-state index in [1.54, 1.807) is 6.33 Å². The first kappa shape index (κ1) is 15.4. The molecule has 0 aliphatic heterocycles. The Balaban J connectivity index is 1.42. The van der Waals surface area contributed by atoms with E-state index >= 15 is 0 Å². The van der Waals surface area contributed by atoms with Crippen LogP contribution in [-0.4, -0.2) is 22.4 Å². The Labute approximate surface area is 135 Å². The molecule has 0 amide bonds. The lowest BCUT2D eigenvalue weighted by atomic mass is 10.0. The van der Waals surface area contributed by atoms with Crippen molar-refractivity contribution in [2.24, 2.45) is 0 Å². The highest BCUT2D eigenvalue weighted by Gasteiger charge is 2.05. The number of hydrogen-bond donors (Lipinski definition) is 1. The smallest absolute Gasteiger partial charge is 0.162 e. The third-order valence-corrected chi connectivity index (χ3v) is 3.79. The molecule has 1 aromatic heterocycles. The van der Waals surface area contributed by atoms with Crippen LogP contribution in [0, 0.1) is 6.92 Å². The van der Waals surface area contributed by atoms with Crippen LogP contribution in [0.2, 0.25) is 0 Å². The van der Waals surface area contributed by atoms with Gasteiger partial charge in [0.15, 0.2) is 5.78 Å². The maximum Gasteiger partial charge on any atom is 0.162 e. The maximum atomic E-state index is 12.1. The molecular weight excluding hydrogens is 288 g/mol. The molecule has 118 valence electrons.